The van der Waals surface area contributed by atoms with Gasteiger partial charge in [-0.05, 0) is 48.5 Å². The van der Waals surface area contributed by atoms with E-state index in [4.69, 9.17) is 10.5 Å². The number of nitrogen functional groups attached to an aromatic ring is 1. The smallest absolute Gasteiger partial charge is 0.272 e. The van der Waals surface area contributed by atoms with E-state index in [0.717, 1.165) is 16.7 Å². The number of fused-ring (bicyclic) bond motifs is 1. The van der Waals surface area contributed by atoms with Gasteiger partial charge in [-0.25, -0.2) is 0 Å². The monoisotopic (exact) mass is 281 g/mol. The summed E-state index contributed by atoms with van der Waals surface area (Å²) in [6.07, 6.45) is 0. The van der Waals surface area contributed by atoms with Crippen molar-refractivity contribution in [3.8, 4) is 5.75 Å². The number of H-pyrrole nitrogens is 1. The number of ether oxygens (including phenoxy) is 1. The van der Waals surface area contributed by atoms with Gasteiger partial charge in [0.05, 0.1) is 7.11 Å². The average Bonchev–Trinajstić information content (AvgIpc) is 2.91. The molecule has 3 rings (SSSR count). The van der Waals surface area contributed by atoms with Crippen molar-refractivity contribution in [2.75, 3.05) is 18.2 Å². The van der Waals surface area contributed by atoms with Crippen LogP contribution >= 0.6 is 0 Å². The SMILES string of the molecule is COc1ccc(NC(=O)c2cc3cc(N)ccc3[nH]2)cc1. The predicted molar refractivity (Wildman–Crippen MR) is 83.7 cm³/mol. The number of nitrogens with two attached hydrogens (primary N) is 1. The minimum Gasteiger partial charge on any atom is -0.497 e. The summed E-state index contributed by atoms with van der Waals surface area (Å²) in [6, 6.07) is 14.4. The minimum absolute atomic E-state index is 0.199. The van der Waals surface area contributed by atoms with Gasteiger partial charge in [0, 0.05) is 22.3 Å². The Kier molecular flexibility index (Phi) is 3.23. The molecule has 21 heavy (non-hydrogen) atoms. The second kappa shape index (κ2) is 5.20. The lowest BCUT2D eigenvalue weighted by atomic mass is 10.2. The lowest BCUT2D eigenvalue weighted by Crippen LogP contribution is -2.12. The van der Waals surface area contributed by atoms with Gasteiger partial charge < -0.3 is 20.8 Å². The van der Waals surface area contributed by atoms with Crippen molar-refractivity contribution in [2.24, 2.45) is 0 Å². The molecule has 3 aromatic rings. The summed E-state index contributed by atoms with van der Waals surface area (Å²) in [5, 5.41) is 3.74. The van der Waals surface area contributed by atoms with E-state index in [1.54, 1.807) is 43.5 Å². The summed E-state index contributed by atoms with van der Waals surface area (Å²) in [7, 11) is 1.60. The first kappa shape index (κ1) is 13.1. The van der Waals surface area contributed by atoms with E-state index in [9.17, 15) is 4.79 Å². The number of amides is 1. The van der Waals surface area contributed by atoms with E-state index in [1.807, 2.05) is 12.1 Å². The van der Waals surface area contributed by atoms with Gasteiger partial charge in [0.15, 0.2) is 0 Å². The van der Waals surface area contributed by atoms with Crippen LogP contribution in [0.2, 0.25) is 0 Å². The van der Waals surface area contributed by atoms with Gasteiger partial charge in [-0.15, -0.1) is 0 Å². The fraction of sp³-hybridized carbons (Fsp3) is 0.0625. The summed E-state index contributed by atoms with van der Waals surface area (Å²) < 4.78 is 5.08. The number of methoxy groups -OCH3 is 1. The molecule has 0 fully saturated rings. The Bertz CT molecular complexity index is 791. The van der Waals surface area contributed by atoms with Crippen molar-refractivity contribution in [1.82, 2.24) is 4.98 Å². The van der Waals surface area contributed by atoms with E-state index < -0.39 is 0 Å². The number of aromatic amines is 1. The minimum atomic E-state index is -0.199. The van der Waals surface area contributed by atoms with Crippen molar-refractivity contribution in [1.29, 1.82) is 0 Å². The van der Waals surface area contributed by atoms with E-state index in [2.05, 4.69) is 10.3 Å². The third kappa shape index (κ3) is 2.67. The number of anilines is 2. The maximum atomic E-state index is 12.2. The number of hydrogen-bond acceptors (Lipinski definition) is 3. The van der Waals surface area contributed by atoms with Crippen LogP contribution in [0.25, 0.3) is 10.9 Å². The molecule has 2 aromatic carbocycles. The second-order valence-corrected chi connectivity index (χ2v) is 4.71. The first-order chi connectivity index (χ1) is 10.2. The van der Waals surface area contributed by atoms with Crippen LogP contribution in [-0.4, -0.2) is 18.0 Å². The summed E-state index contributed by atoms with van der Waals surface area (Å²) in [6.45, 7) is 0. The van der Waals surface area contributed by atoms with Crippen LogP contribution in [0.1, 0.15) is 10.5 Å². The Labute approximate surface area is 121 Å². The van der Waals surface area contributed by atoms with E-state index in [-0.39, 0.29) is 5.91 Å². The molecule has 1 aromatic heterocycles. The van der Waals surface area contributed by atoms with Crippen LogP contribution < -0.4 is 15.8 Å². The van der Waals surface area contributed by atoms with Crippen LogP contribution in [-0.2, 0) is 0 Å². The van der Waals surface area contributed by atoms with Crippen LogP contribution in [0.15, 0.2) is 48.5 Å². The zero-order chi connectivity index (χ0) is 14.8. The van der Waals surface area contributed by atoms with Gasteiger partial charge in [-0.3, -0.25) is 4.79 Å². The summed E-state index contributed by atoms with van der Waals surface area (Å²) in [4.78, 5) is 15.3. The Morgan fingerprint density at radius 2 is 1.90 bits per heavy atom. The molecule has 0 spiro atoms. The second-order valence-electron chi connectivity index (χ2n) is 4.71. The van der Waals surface area contributed by atoms with E-state index in [0.29, 0.717) is 17.1 Å². The third-order valence-electron chi connectivity index (χ3n) is 3.24. The fourth-order valence-corrected chi connectivity index (χ4v) is 2.15. The molecule has 0 unspecified atom stereocenters. The molecular weight excluding hydrogens is 266 g/mol. The third-order valence-corrected chi connectivity index (χ3v) is 3.24. The molecule has 1 heterocycles. The molecule has 0 saturated heterocycles. The Morgan fingerprint density at radius 3 is 2.62 bits per heavy atom. The van der Waals surface area contributed by atoms with Gasteiger partial charge in [0.25, 0.3) is 5.91 Å². The van der Waals surface area contributed by atoms with Crippen LogP contribution in [0.3, 0.4) is 0 Å². The first-order valence-corrected chi connectivity index (χ1v) is 6.49. The van der Waals surface area contributed by atoms with E-state index in [1.165, 1.54) is 0 Å². The van der Waals surface area contributed by atoms with Crippen LogP contribution in [0, 0.1) is 0 Å². The van der Waals surface area contributed by atoms with Crippen molar-refractivity contribution in [3.63, 3.8) is 0 Å². The van der Waals surface area contributed by atoms with Crippen LogP contribution in [0.5, 0.6) is 5.75 Å². The quantitative estimate of drug-likeness (QED) is 0.645. The van der Waals surface area contributed by atoms with Gasteiger partial charge in [-0.1, -0.05) is 0 Å². The molecule has 0 aliphatic heterocycles. The number of carbonyl (C=O) groups is 1. The van der Waals surface area contributed by atoms with Crippen molar-refractivity contribution < 1.29 is 9.53 Å². The molecule has 0 bridgehead atoms. The lowest BCUT2D eigenvalue weighted by molar-refractivity contribution is 0.102. The molecule has 0 atom stereocenters. The maximum Gasteiger partial charge on any atom is 0.272 e. The summed E-state index contributed by atoms with van der Waals surface area (Å²) in [5.41, 5.74) is 8.48. The van der Waals surface area contributed by atoms with Crippen molar-refractivity contribution in [2.45, 2.75) is 0 Å². The highest BCUT2D eigenvalue weighted by atomic mass is 16.5. The van der Waals surface area contributed by atoms with Gasteiger partial charge in [0.1, 0.15) is 11.4 Å². The topological polar surface area (TPSA) is 80.1 Å². The summed E-state index contributed by atoms with van der Waals surface area (Å²) >= 11 is 0. The molecule has 0 aliphatic rings. The Balaban J connectivity index is 1.82. The van der Waals surface area contributed by atoms with Gasteiger partial charge in [-0.2, -0.15) is 0 Å². The normalized spacial score (nSPS) is 10.5. The summed E-state index contributed by atoms with van der Waals surface area (Å²) in [5.74, 6) is 0.545. The number of benzene rings is 2. The van der Waals surface area contributed by atoms with Crippen molar-refractivity contribution in [3.05, 3.63) is 54.2 Å². The lowest BCUT2D eigenvalue weighted by Gasteiger charge is -2.04. The Hall–Kier alpha value is -2.95. The number of rotatable bonds is 3. The van der Waals surface area contributed by atoms with Gasteiger partial charge in [0.2, 0.25) is 0 Å². The molecule has 4 N–H and O–H groups in total. The zero-order valence-corrected chi connectivity index (χ0v) is 11.5. The highest BCUT2D eigenvalue weighted by Crippen LogP contribution is 2.20. The number of hydrogen-bond donors (Lipinski definition) is 3. The van der Waals surface area contributed by atoms with E-state index >= 15 is 0 Å². The molecule has 0 saturated carbocycles. The molecule has 1 amide bonds. The number of carbonyl (C=O) groups excluding carboxylic acids is 1. The number of aromatic nitrogens is 1. The largest absolute Gasteiger partial charge is 0.497 e. The van der Waals surface area contributed by atoms with Crippen molar-refractivity contribution >= 4 is 28.2 Å². The average molecular weight is 281 g/mol. The van der Waals surface area contributed by atoms with Crippen LogP contribution in [0.4, 0.5) is 11.4 Å². The zero-order valence-electron chi connectivity index (χ0n) is 11.5. The highest BCUT2D eigenvalue weighted by molar-refractivity contribution is 6.06. The van der Waals surface area contributed by atoms with Gasteiger partial charge >= 0.3 is 0 Å². The first-order valence-electron chi connectivity index (χ1n) is 6.49. The molecule has 5 heteroatoms. The molecule has 0 radical (unpaired) electrons. The molecule has 5 nitrogen and oxygen atoms in total. The standard InChI is InChI=1S/C16H15N3O2/c1-21-13-5-3-12(4-6-13)18-16(20)15-9-10-8-11(17)2-7-14(10)19-15/h2-9,19H,17H2,1H3,(H,18,20). The predicted octanol–water partition coefficient (Wildman–Crippen LogP) is 3.01. The molecular formula is C16H15N3O2. The maximum absolute atomic E-state index is 12.2. The highest BCUT2D eigenvalue weighted by Gasteiger charge is 2.10. The number of nitrogens with one attached hydrogen (secondary N) is 2. The Morgan fingerprint density at radius 1 is 1.14 bits per heavy atom. The molecule has 0 aliphatic carbocycles. The fourth-order valence-electron chi connectivity index (χ4n) is 2.15. The molecule has 106 valence electrons.